The van der Waals surface area contributed by atoms with Crippen molar-refractivity contribution >= 4 is 11.3 Å². The molecule has 2 heterocycles. The summed E-state index contributed by atoms with van der Waals surface area (Å²) in [6.07, 6.45) is 6.71. The average molecular weight is 280 g/mol. The molecular weight excluding hydrogens is 252 g/mol. The third kappa shape index (κ3) is 5.25. The fourth-order valence-corrected chi connectivity index (χ4v) is 3.59. The van der Waals surface area contributed by atoms with Gasteiger partial charge in [0.05, 0.1) is 0 Å². The number of fused-ring (bicyclic) bond motifs is 1. The number of hydrogen-bond donors (Lipinski definition) is 1. The third-order valence-corrected chi connectivity index (χ3v) is 4.86. The highest BCUT2D eigenvalue weighted by Crippen LogP contribution is 2.24. The Balaban J connectivity index is 1.50. The summed E-state index contributed by atoms with van der Waals surface area (Å²) >= 11 is 1.93. The van der Waals surface area contributed by atoms with Crippen molar-refractivity contribution in [1.29, 1.82) is 0 Å². The van der Waals surface area contributed by atoms with Gasteiger partial charge in [0.2, 0.25) is 0 Å². The first-order valence-electron chi connectivity index (χ1n) is 7.76. The Kier molecular flexibility index (Phi) is 6.35. The summed E-state index contributed by atoms with van der Waals surface area (Å²) in [6.45, 7) is 9.35. The van der Waals surface area contributed by atoms with Gasteiger partial charge in [0.1, 0.15) is 0 Å². The molecule has 0 radical (unpaired) electrons. The molecule has 0 unspecified atom stereocenters. The molecule has 0 spiro atoms. The Morgan fingerprint density at radius 2 is 2.11 bits per heavy atom. The van der Waals surface area contributed by atoms with Gasteiger partial charge in [-0.3, -0.25) is 4.90 Å². The number of nitrogens with zero attached hydrogens (tertiary/aromatic N) is 1. The van der Waals surface area contributed by atoms with E-state index in [-0.39, 0.29) is 0 Å². The lowest BCUT2D eigenvalue weighted by Gasteiger charge is -2.26. The smallest absolute Gasteiger partial charge is 0.0244 e. The lowest BCUT2D eigenvalue weighted by molar-refractivity contribution is 0.250. The summed E-state index contributed by atoms with van der Waals surface area (Å²) in [7, 11) is 0. The molecule has 0 aromatic carbocycles. The van der Waals surface area contributed by atoms with Crippen LogP contribution in [-0.4, -0.2) is 30.6 Å². The maximum Gasteiger partial charge on any atom is 0.0244 e. The highest BCUT2D eigenvalue weighted by molar-refractivity contribution is 7.10. The van der Waals surface area contributed by atoms with Crippen LogP contribution in [0, 0.1) is 0 Å². The van der Waals surface area contributed by atoms with Crippen molar-refractivity contribution in [3.63, 3.8) is 0 Å². The van der Waals surface area contributed by atoms with Gasteiger partial charge in [-0.1, -0.05) is 26.7 Å². The van der Waals surface area contributed by atoms with Crippen LogP contribution >= 0.6 is 11.3 Å². The Hall–Kier alpha value is -0.380. The molecule has 0 bridgehead atoms. The van der Waals surface area contributed by atoms with Gasteiger partial charge < -0.3 is 5.32 Å². The number of unbranched alkanes of at least 4 members (excludes halogenated alkanes) is 3. The standard InChI is InChI=1S/C16H28N2S/c1-14(2)17-9-5-3-4-6-10-18-11-7-16-15(13-18)8-12-19-16/h8,12,14,17H,3-7,9-11,13H2,1-2H3. The Labute approximate surface area is 122 Å². The number of hydrogen-bond acceptors (Lipinski definition) is 3. The van der Waals surface area contributed by atoms with Crippen LogP contribution in [0.2, 0.25) is 0 Å². The van der Waals surface area contributed by atoms with E-state index < -0.39 is 0 Å². The lowest BCUT2D eigenvalue weighted by Crippen LogP contribution is -2.30. The first-order chi connectivity index (χ1) is 9.25. The van der Waals surface area contributed by atoms with Crippen molar-refractivity contribution < 1.29 is 0 Å². The van der Waals surface area contributed by atoms with E-state index in [0.29, 0.717) is 6.04 Å². The summed E-state index contributed by atoms with van der Waals surface area (Å²) in [6, 6.07) is 2.94. The van der Waals surface area contributed by atoms with Crippen molar-refractivity contribution in [2.75, 3.05) is 19.6 Å². The van der Waals surface area contributed by atoms with Crippen LogP contribution in [0.4, 0.5) is 0 Å². The van der Waals surface area contributed by atoms with E-state index in [0.717, 1.165) is 0 Å². The van der Waals surface area contributed by atoms with E-state index in [4.69, 9.17) is 0 Å². The molecule has 1 aliphatic heterocycles. The highest BCUT2D eigenvalue weighted by atomic mass is 32.1. The normalized spacial score (nSPS) is 15.9. The molecule has 1 aromatic heterocycles. The quantitative estimate of drug-likeness (QED) is 0.731. The molecular formula is C16H28N2S. The first-order valence-corrected chi connectivity index (χ1v) is 8.64. The molecule has 0 saturated carbocycles. The van der Waals surface area contributed by atoms with Crippen LogP contribution in [0.25, 0.3) is 0 Å². The molecule has 1 N–H and O–H groups in total. The van der Waals surface area contributed by atoms with E-state index in [1.54, 1.807) is 10.4 Å². The fourth-order valence-electron chi connectivity index (χ4n) is 2.70. The van der Waals surface area contributed by atoms with Gasteiger partial charge in [-0.25, -0.2) is 0 Å². The van der Waals surface area contributed by atoms with Crippen LogP contribution in [0.3, 0.4) is 0 Å². The monoisotopic (exact) mass is 280 g/mol. The number of thiophene rings is 1. The van der Waals surface area contributed by atoms with Gasteiger partial charge in [0.25, 0.3) is 0 Å². The Morgan fingerprint density at radius 1 is 1.26 bits per heavy atom. The molecule has 2 rings (SSSR count). The molecule has 1 aromatic rings. The second-order valence-electron chi connectivity index (χ2n) is 5.92. The van der Waals surface area contributed by atoms with Gasteiger partial charge >= 0.3 is 0 Å². The predicted molar refractivity (Wildman–Crippen MR) is 84.9 cm³/mol. The molecule has 108 valence electrons. The van der Waals surface area contributed by atoms with Crippen molar-refractivity contribution in [2.45, 2.75) is 58.5 Å². The Bertz CT molecular complexity index is 359. The minimum Gasteiger partial charge on any atom is -0.315 e. The van der Waals surface area contributed by atoms with E-state index in [1.165, 1.54) is 58.3 Å². The van der Waals surface area contributed by atoms with Crippen molar-refractivity contribution in [1.82, 2.24) is 10.2 Å². The topological polar surface area (TPSA) is 15.3 Å². The van der Waals surface area contributed by atoms with Crippen LogP contribution in [0.1, 0.15) is 50.0 Å². The van der Waals surface area contributed by atoms with Gasteiger partial charge in [-0.15, -0.1) is 11.3 Å². The van der Waals surface area contributed by atoms with Gasteiger partial charge in [0.15, 0.2) is 0 Å². The summed E-state index contributed by atoms with van der Waals surface area (Å²) in [5.74, 6) is 0. The van der Waals surface area contributed by atoms with Crippen molar-refractivity contribution in [3.8, 4) is 0 Å². The van der Waals surface area contributed by atoms with Gasteiger partial charge in [-0.2, -0.15) is 0 Å². The van der Waals surface area contributed by atoms with Crippen LogP contribution in [0.5, 0.6) is 0 Å². The van der Waals surface area contributed by atoms with Crippen LogP contribution < -0.4 is 5.32 Å². The SMILES string of the molecule is CC(C)NCCCCCCN1CCc2sccc2C1. The third-order valence-electron chi connectivity index (χ3n) is 3.84. The molecule has 0 atom stereocenters. The predicted octanol–water partition coefficient (Wildman–Crippen LogP) is 3.66. The second-order valence-corrected chi connectivity index (χ2v) is 6.92. The summed E-state index contributed by atoms with van der Waals surface area (Å²) in [5.41, 5.74) is 1.58. The van der Waals surface area contributed by atoms with Crippen LogP contribution in [0.15, 0.2) is 11.4 Å². The molecule has 0 aliphatic carbocycles. The van der Waals surface area contributed by atoms with E-state index in [9.17, 15) is 0 Å². The van der Waals surface area contributed by atoms with E-state index >= 15 is 0 Å². The summed E-state index contributed by atoms with van der Waals surface area (Å²) in [5, 5.41) is 5.73. The molecule has 19 heavy (non-hydrogen) atoms. The summed E-state index contributed by atoms with van der Waals surface area (Å²) in [4.78, 5) is 4.25. The lowest BCUT2D eigenvalue weighted by atomic mass is 10.1. The fraction of sp³-hybridized carbons (Fsp3) is 0.750. The average Bonchev–Trinajstić information content (AvgIpc) is 2.84. The first kappa shape index (κ1) is 15.0. The summed E-state index contributed by atoms with van der Waals surface area (Å²) < 4.78 is 0. The van der Waals surface area contributed by atoms with Gasteiger partial charge in [-0.05, 0) is 49.4 Å². The Morgan fingerprint density at radius 3 is 2.95 bits per heavy atom. The molecule has 0 fully saturated rings. The minimum atomic E-state index is 0.633. The zero-order chi connectivity index (χ0) is 13.5. The zero-order valence-corrected chi connectivity index (χ0v) is 13.3. The second kappa shape index (κ2) is 8.03. The molecule has 3 heteroatoms. The van der Waals surface area contributed by atoms with E-state index in [2.05, 4.69) is 35.5 Å². The largest absolute Gasteiger partial charge is 0.315 e. The maximum atomic E-state index is 3.48. The number of rotatable bonds is 8. The van der Waals surface area contributed by atoms with E-state index in [1.807, 2.05) is 11.3 Å². The molecule has 0 saturated heterocycles. The zero-order valence-electron chi connectivity index (χ0n) is 12.5. The number of nitrogens with one attached hydrogen (secondary N) is 1. The van der Waals surface area contributed by atoms with Crippen molar-refractivity contribution in [3.05, 3.63) is 21.9 Å². The van der Waals surface area contributed by atoms with Crippen molar-refractivity contribution in [2.24, 2.45) is 0 Å². The van der Waals surface area contributed by atoms with Crippen LogP contribution in [-0.2, 0) is 13.0 Å². The highest BCUT2D eigenvalue weighted by Gasteiger charge is 2.16. The molecule has 1 aliphatic rings. The maximum absolute atomic E-state index is 3.48. The van der Waals surface area contributed by atoms with Gasteiger partial charge in [0, 0.05) is 24.0 Å². The molecule has 2 nitrogen and oxygen atoms in total. The minimum absolute atomic E-state index is 0.633. The molecule has 0 amide bonds.